The number of piperidine rings is 1. The van der Waals surface area contributed by atoms with Crippen molar-refractivity contribution >= 4 is 11.2 Å². The molecule has 0 bridgehead atoms. The Balaban J connectivity index is 2.01. The zero-order chi connectivity index (χ0) is 11.0. The van der Waals surface area contributed by atoms with E-state index in [9.17, 15) is 0 Å². The summed E-state index contributed by atoms with van der Waals surface area (Å²) in [5.41, 5.74) is 3.15. The number of aromatic amines is 1. The number of aromatic nitrogens is 3. The highest BCUT2D eigenvalue weighted by molar-refractivity contribution is 5.74. The molecule has 16 heavy (non-hydrogen) atoms. The van der Waals surface area contributed by atoms with Gasteiger partial charge in [0.25, 0.3) is 0 Å². The summed E-state index contributed by atoms with van der Waals surface area (Å²) in [4.78, 5) is 12.3. The van der Waals surface area contributed by atoms with Crippen molar-refractivity contribution < 1.29 is 0 Å². The van der Waals surface area contributed by atoms with Gasteiger partial charge in [0, 0.05) is 18.7 Å². The van der Waals surface area contributed by atoms with Crippen molar-refractivity contribution in [2.24, 2.45) is 0 Å². The Morgan fingerprint density at radius 3 is 3.12 bits per heavy atom. The molecule has 0 aliphatic carbocycles. The molecule has 2 aromatic rings. The Morgan fingerprint density at radius 1 is 1.44 bits per heavy atom. The first-order valence-electron chi connectivity index (χ1n) is 5.86. The van der Waals surface area contributed by atoms with Crippen LogP contribution in [-0.2, 0) is 0 Å². The van der Waals surface area contributed by atoms with Gasteiger partial charge < -0.3 is 10.3 Å². The van der Waals surface area contributed by atoms with Crippen LogP contribution in [0.1, 0.15) is 30.1 Å². The van der Waals surface area contributed by atoms with E-state index in [0.717, 1.165) is 30.1 Å². The van der Waals surface area contributed by atoms with E-state index in [4.69, 9.17) is 0 Å². The summed E-state index contributed by atoms with van der Waals surface area (Å²) in [5.74, 6) is 1.60. The molecule has 0 amide bonds. The third kappa shape index (κ3) is 1.59. The number of imidazole rings is 1. The van der Waals surface area contributed by atoms with Crippen LogP contribution in [0.2, 0.25) is 0 Å². The second-order valence-corrected chi connectivity index (χ2v) is 4.49. The van der Waals surface area contributed by atoms with Crippen LogP contribution in [0.4, 0.5) is 0 Å². The van der Waals surface area contributed by atoms with Crippen LogP contribution in [0.5, 0.6) is 0 Å². The summed E-state index contributed by atoms with van der Waals surface area (Å²) >= 11 is 0. The van der Waals surface area contributed by atoms with Crippen molar-refractivity contribution in [3.8, 4) is 0 Å². The predicted octanol–water partition coefficient (Wildman–Crippen LogP) is 1.73. The molecule has 1 aliphatic heterocycles. The molecule has 2 N–H and O–H groups in total. The summed E-state index contributed by atoms with van der Waals surface area (Å²) < 4.78 is 0. The second-order valence-electron chi connectivity index (χ2n) is 4.49. The highest BCUT2D eigenvalue weighted by Crippen LogP contribution is 2.23. The molecule has 1 atom stereocenters. The van der Waals surface area contributed by atoms with E-state index in [2.05, 4.69) is 27.2 Å². The molecular formula is C12H16N4. The van der Waals surface area contributed by atoms with E-state index < -0.39 is 0 Å². The molecular weight excluding hydrogens is 200 g/mol. The van der Waals surface area contributed by atoms with Gasteiger partial charge in [0.05, 0.1) is 5.52 Å². The van der Waals surface area contributed by atoms with Gasteiger partial charge in [-0.15, -0.1) is 0 Å². The third-order valence-electron chi connectivity index (χ3n) is 3.30. The Kier molecular flexibility index (Phi) is 2.36. The molecule has 1 saturated heterocycles. The molecule has 2 aromatic heterocycles. The molecule has 4 nitrogen and oxygen atoms in total. The largest absolute Gasteiger partial charge is 0.340 e. The van der Waals surface area contributed by atoms with Crippen LogP contribution in [0.3, 0.4) is 0 Å². The molecule has 1 fully saturated rings. The minimum absolute atomic E-state index is 0.516. The van der Waals surface area contributed by atoms with Gasteiger partial charge in [0.2, 0.25) is 0 Å². The van der Waals surface area contributed by atoms with Crippen molar-refractivity contribution in [3.05, 3.63) is 23.7 Å². The summed E-state index contributed by atoms with van der Waals surface area (Å²) in [5, 5.41) is 3.41. The lowest BCUT2D eigenvalue weighted by molar-refractivity contribution is 0.449. The first kappa shape index (κ1) is 9.78. The van der Waals surface area contributed by atoms with E-state index in [1.54, 1.807) is 0 Å². The quantitative estimate of drug-likeness (QED) is 0.763. The summed E-state index contributed by atoms with van der Waals surface area (Å²) in [6.07, 6.45) is 4.27. The fraction of sp³-hybridized carbons (Fsp3) is 0.500. The number of rotatable bonds is 1. The Bertz CT molecular complexity index is 497. The first-order chi connectivity index (χ1) is 7.84. The maximum atomic E-state index is 4.59. The Hall–Kier alpha value is -1.42. The molecule has 0 unspecified atom stereocenters. The van der Waals surface area contributed by atoms with Gasteiger partial charge in [-0.3, -0.25) is 0 Å². The lowest BCUT2D eigenvalue weighted by Crippen LogP contribution is -2.28. The van der Waals surface area contributed by atoms with Crippen LogP contribution in [0, 0.1) is 6.92 Å². The van der Waals surface area contributed by atoms with E-state index in [0.29, 0.717) is 5.92 Å². The number of fused-ring (bicyclic) bond motifs is 1. The van der Waals surface area contributed by atoms with Gasteiger partial charge in [-0.25, -0.2) is 9.97 Å². The lowest BCUT2D eigenvalue weighted by atomic mass is 9.99. The van der Waals surface area contributed by atoms with Crippen LogP contribution in [-0.4, -0.2) is 28.0 Å². The number of hydrogen-bond donors (Lipinski definition) is 2. The number of H-pyrrole nitrogens is 1. The second kappa shape index (κ2) is 3.87. The summed E-state index contributed by atoms with van der Waals surface area (Å²) in [6, 6.07) is 2.02. The van der Waals surface area contributed by atoms with Gasteiger partial charge in [-0.1, -0.05) is 0 Å². The van der Waals surface area contributed by atoms with Crippen molar-refractivity contribution in [1.82, 2.24) is 20.3 Å². The highest BCUT2D eigenvalue weighted by atomic mass is 15.0. The molecule has 84 valence electrons. The molecule has 1 aliphatic rings. The van der Waals surface area contributed by atoms with E-state index in [1.165, 1.54) is 18.4 Å². The van der Waals surface area contributed by atoms with Crippen molar-refractivity contribution in [2.45, 2.75) is 25.7 Å². The zero-order valence-electron chi connectivity index (χ0n) is 9.45. The average Bonchev–Trinajstić information content (AvgIpc) is 2.76. The van der Waals surface area contributed by atoms with Crippen LogP contribution in [0.25, 0.3) is 11.2 Å². The number of hydrogen-bond acceptors (Lipinski definition) is 3. The standard InChI is InChI=1S/C12H16N4/c1-8-4-6-14-12-10(8)15-11(16-12)9-3-2-5-13-7-9/h4,6,9,13H,2-3,5,7H2,1H3,(H,14,15,16)/t9-/m1/s1. The Morgan fingerprint density at radius 2 is 2.38 bits per heavy atom. The maximum Gasteiger partial charge on any atom is 0.177 e. The van der Waals surface area contributed by atoms with Crippen LogP contribution >= 0.6 is 0 Å². The molecule has 0 radical (unpaired) electrons. The van der Waals surface area contributed by atoms with Crippen LogP contribution in [0.15, 0.2) is 12.3 Å². The van der Waals surface area contributed by atoms with Gasteiger partial charge in [-0.05, 0) is 37.9 Å². The van der Waals surface area contributed by atoms with Gasteiger partial charge in [0.15, 0.2) is 5.65 Å². The normalized spacial score (nSPS) is 21.4. The maximum absolute atomic E-state index is 4.59. The van der Waals surface area contributed by atoms with Crippen molar-refractivity contribution in [3.63, 3.8) is 0 Å². The molecule has 3 rings (SSSR count). The molecule has 0 aromatic carbocycles. The fourth-order valence-electron chi connectivity index (χ4n) is 2.33. The Labute approximate surface area is 94.5 Å². The minimum Gasteiger partial charge on any atom is -0.340 e. The monoisotopic (exact) mass is 216 g/mol. The lowest BCUT2D eigenvalue weighted by Gasteiger charge is -2.20. The average molecular weight is 216 g/mol. The first-order valence-corrected chi connectivity index (χ1v) is 5.86. The fourth-order valence-corrected chi connectivity index (χ4v) is 2.33. The molecule has 3 heterocycles. The minimum atomic E-state index is 0.516. The number of aryl methyl sites for hydroxylation is 1. The topological polar surface area (TPSA) is 53.6 Å². The van der Waals surface area contributed by atoms with E-state index in [1.807, 2.05) is 12.3 Å². The van der Waals surface area contributed by atoms with Crippen molar-refractivity contribution in [2.75, 3.05) is 13.1 Å². The van der Waals surface area contributed by atoms with E-state index >= 15 is 0 Å². The van der Waals surface area contributed by atoms with Gasteiger partial charge in [0.1, 0.15) is 5.82 Å². The summed E-state index contributed by atoms with van der Waals surface area (Å²) in [7, 11) is 0. The smallest absolute Gasteiger partial charge is 0.177 e. The molecule has 0 spiro atoms. The van der Waals surface area contributed by atoms with Gasteiger partial charge in [-0.2, -0.15) is 0 Å². The van der Waals surface area contributed by atoms with Crippen molar-refractivity contribution in [1.29, 1.82) is 0 Å². The third-order valence-corrected chi connectivity index (χ3v) is 3.30. The molecule has 4 heteroatoms. The zero-order valence-corrected chi connectivity index (χ0v) is 9.45. The predicted molar refractivity (Wildman–Crippen MR) is 63.5 cm³/mol. The molecule has 0 saturated carbocycles. The number of nitrogens with one attached hydrogen (secondary N) is 2. The summed E-state index contributed by atoms with van der Waals surface area (Å²) in [6.45, 7) is 4.25. The highest BCUT2D eigenvalue weighted by Gasteiger charge is 2.19. The number of pyridine rings is 1. The van der Waals surface area contributed by atoms with Crippen LogP contribution < -0.4 is 5.32 Å². The number of nitrogens with zero attached hydrogens (tertiary/aromatic N) is 2. The SMILES string of the molecule is Cc1ccnc2nc([C@@H]3CCCNC3)[nH]c12. The van der Waals surface area contributed by atoms with E-state index in [-0.39, 0.29) is 0 Å². The van der Waals surface area contributed by atoms with Gasteiger partial charge >= 0.3 is 0 Å².